The molecule has 0 bridgehead atoms. The molecule has 2 aromatic rings. The molecule has 0 unspecified atom stereocenters. The minimum Gasteiger partial charge on any atom is -0.492 e. The summed E-state index contributed by atoms with van der Waals surface area (Å²) in [7, 11) is 1.36. The van der Waals surface area contributed by atoms with E-state index in [0.29, 0.717) is 28.7 Å². The Hall–Kier alpha value is -2.32. The third kappa shape index (κ3) is 3.66. The lowest BCUT2D eigenvalue weighted by Gasteiger charge is -2.10. The van der Waals surface area contributed by atoms with Crippen molar-refractivity contribution in [2.45, 2.75) is 13.8 Å². The standard InChI is InChI=1S/C17H17NO3S/c1-11(2)10-21-14-5-4-12(8-13(14)9-18)15-6-7-16(22-15)17(19)20-3/h4-8,11H,10H2,1-3H3. The Bertz CT molecular complexity index is 713. The molecule has 0 aliphatic heterocycles. The molecule has 2 rings (SSSR count). The van der Waals surface area contributed by atoms with Crippen molar-refractivity contribution in [2.75, 3.05) is 13.7 Å². The summed E-state index contributed by atoms with van der Waals surface area (Å²) in [4.78, 5) is 12.9. The van der Waals surface area contributed by atoms with Gasteiger partial charge in [0.15, 0.2) is 0 Å². The van der Waals surface area contributed by atoms with Crippen LogP contribution in [0.1, 0.15) is 29.1 Å². The lowest BCUT2D eigenvalue weighted by Crippen LogP contribution is -2.05. The van der Waals surface area contributed by atoms with Crippen molar-refractivity contribution in [1.82, 2.24) is 0 Å². The Balaban J connectivity index is 2.28. The summed E-state index contributed by atoms with van der Waals surface area (Å²) < 4.78 is 10.4. The zero-order chi connectivity index (χ0) is 16.1. The molecule has 1 aromatic heterocycles. The molecule has 0 radical (unpaired) electrons. The molecule has 0 amide bonds. The van der Waals surface area contributed by atoms with Gasteiger partial charge in [0.25, 0.3) is 0 Å². The third-order valence-electron chi connectivity index (χ3n) is 2.95. The van der Waals surface area contributed by atoms with Crippen molar-refractivity contribution in [3.8, 4) is 22.3 Å². The van der Waals surface area contributed by atoms with Crippen molar-refractivity contribution in [1.29, 1.82) is 5.26 Å². The SMILES string of the molecule is COC(=O)c1ccc(-c2ccc(OCC(C)C)c(C#N)c2)s1. The van der Waals surface area contributed by atoms with Crippen LogP contribution in [0.15, 0.2) is 30.3 Å². The third-order valence-corrected chi connectivity index (χ3v) is 4.06. The van der Waals surface area contributed by atoms with E-state index >= 15 is 0 Å². The van der Waals surface area contributed by atoms with Gasteiger partial charge >= 0.3 is 5.97 Å². The second-order valence-corrected chi connectivity index (χ2v) is 6.27. The van der Waals surface area contributed by atoms with Crippen LogP contribution in [0.5, 0.6) is 5.75 Å². The molecule has 1 heterocycles. The summed E-state index contributed by atoms with van der Waals surface area (Å²) in [5.74, 6) is 0.629. The van der Waals surface area contributed by atoms with Crippen LogP contribution in [0.2, 0.25) is 0 Å². The van der Waals surface area contributed by atoms with E-state index in [1.54, 1.807) is 18.2 Å². The Labute approximate surface area is 133 Å². The molecule has 4 nitrogen and oxygen atoms in total. The Morgan fingerprint density at radius 2 is 2.09 bits per heavy atom. The van der Waals surface area contributed by atoms with Crippen molar-refractivity contribution >= 4 is 17.3 Å². The van der Waals surface area contributed by atoms with Gasteiger partial charge in [-0.1, -0.05) is 13.8 Å². The zero-order valence-electron chi connectivity index (χ0n) is 12.8. The van der Waals surface area contributed by atoms with Crippen LogP contribution >= 0.6 is 11.3 Å². The van der Waals surface area contributed by atoms with Gasteiger partial charge in [-0.15, -0.1) is 11.3 Å². The predicted molar refractivity (Wildman–Crippen MR) is 86.1 cm³/mol. The lowest BCUT2D eigenvalue weighted by molar-refractivity contribution is 0.0606. The molecular weight excluding hydrogens is 298 g/mol. The smallest absolute Gasteiger partial charge is 0.348 e. The van der Waals surface area contributed by atoms with Crippen LogP contribution in [-0.2, 0) is 4.74 Å². The molecule has 0 N–H and O–H groups in total. The molecule has 0 aliphatic carbocycles. The van der Waals surface area contributed by atoms with Gasteiger partial charge in [-0.3, -0.25) is 0 Å². The predicted octanol–water partition coefficient (Wildman–Crippen LogP) is 4.11. The van der Waals surface area contributed by atoms with Gasteiger partial charge in [0.05, 0.1) is 19.3 Å². The molecule has 0 fully saturated rings. The minimum absolute atomic E-state index is 0.353. The van der Waals surface area contributed by atoms with Gasteiger partial charge < -0.3 is 9.47 Å². The zero-order valence-corrected chi connectivity index (χ0v) is 13.6. The van der Waals surface area contributed by atoms with E-state index in [4.69, 9.17) is 9.47 Å². The maximum absolute atomic E-state index is 11.5. The van der Waals surface area contributed by atoms with Gasteiger partial charge in [0, 0.05) is 4.88 Å². The number of thiophene rings is 1. The van der Waals surface area contributed by atoms with E-state index in [0.717, 1.165) is 10.4 Å². The minimum atomic E-state index is -0.353. The van der Waals surface area contributed by atoms with Gasteiger partial charge in [-0.05, 0) is 41.8 Å². The summed E-state index contributed by atoms with van der Waals surface area (Å²) in [6.45, 7) is 4.68. The van der Waals surface area contributed by atoms with E-state index in [-0.39, 0.29) is 5.97 Å². The van der Waals surface area contributed by atoms with Crippen molar-refractivity contribution in [2.24, 2.45) is 5.92 Å². The highest BCUT2D eigenvalue weighted by molar-refractivity contribution is 7.17. The molecule has 0 spiro atoms. The van der Waals surface area contributed by atoms with Crippen molar-refractivity contribution in [3.63, 3.8) is 0 Å². The number of ether oxygens (including phenoxy) is 2. The lowest BCUT2D eigenvalue weighted by atomic mass is 10.1. The normalized spacial score (nSPS) is 10.3. The van der Waals surface area contributed by atoms with Crippen LogP contribution in [-0.4, -0.2) is 19.7 Å². The monoisotopic (exact) mass is 315 g/mol. The van der Waals surface area contributed by atoms with Crippen LogP contribution < -0.4 is 4.74 Å². The Kier molecular flexibility index (Phi) is 5.18. The van der Waals surface area contributed by atoms with E-state index in [1.807, 2.05) is 12.1 Å². The quantitative estimate of drug-likeness (QED) is 0.779. The molecule has 5 heteroatoms. The Morgan fingerprint density at radius 1 is 1.32 bits per heavy atom. The average Bonchev–Trinajstić information content (AvgIpc) is 3.01. The van der Waals surface area contributed by atoms with Gasteiger partial charge in [0.2, 0.25) is 0 Å². The number of carbonyl (C=O) groups is 1. The van der Waals surface area contributed by atoms with Crippen molar-refractivity contribution in [3.05, 3.63) is 40.8 Å². The molecule has 1 aromatic carbocycles. The first-order valence-electron chi connectivity index (χ1n) is 6.90. The summed E-state index contributed by atoms with van der Waals surface area (Å²) >= 11 is 1.34. The number of methoxy groups -OCH3 is 1. The summed E-state index contributed by atoms with van der Waals surface area (Å²) in [5, 5.41) is 9.29. The largest absolute Gasteiger partial charge is 0.492 e. The number of nitrogens with zero attached hydrogens (tertiary/aromatic N) is 1. The molecule has 0 aliphatic rings. The Morgan fingerprint density at radius 3 is 2.73 bits per heavy atom. The highest BCUT2D eigenvalue weighted by atomic mass is 32.1. The fourth-order valence-corrected chi connectivity index (χ4v) is 2.78. The first kappa shape index (κ1) is 16.1. The molecular formula is C17H17NO3S. The first-order valence-corrected chi connectivity index (χ1v) is 7.72. The van der Waals surface area contributed by atoms with E-state index < -0.39 is 0 Å². The maximum atomic E-state index is 11.5. The fourth-order valence-electron chi connectivity index (χ4n) is 1.86. The van der Waals surface area contributed by atoms with Crippen LogP contribution in [0, 0.1) is 17.2 Å². The second-order valence-electron chi connectivity index (χ2n) is 5.18. The van der Waals surface area contributed by atoms with Gasteiger partial charge in [-0.2, -0.15) is 5.26 Å². The number of benzene rings is 1. The number of hydrogen-bond acceptors (Lipinski definition) is 5. The highest BCUT2D eigenvalue weighted by Crippen LogP contribution is 2.31. The molecule has 22 heavy (non-hydrogen) atoms. The van der Waals surface area contributed by atoms with Crippen LogP contribution in [0.4, 0.5) is 0 Å². The van der Waals surface area contributed by atoms with E-state index in [9.17, 15) is 10.1 Å². The number of rotatable bonds is 5. The molecule has 114 valence electrons. The fraction of sp³-hybridized carbons (Fsp3) is 0.294. The number of carbonyl (C=O) groups excluding carboxylic acids is 1. The van der Waals surface area contributed by atoms with E-state index in [1.165, 1.54) is 18.4 Å². The molecule has 0 atom stereocenters. The second kappa shape index (κ2) is 7.10. The van der Waals surface area contributed by atoms with Crippen LogP contribution in [0.25, 0.3) is 10.4 Å². The van der Waals surface area contributed by atoms with Gasteiger partial charge in [-0.25, -0.2) is 4.79 Å². The summed E-state index contributed by atoms with van der Waals surface area (Å²) in [6.07, 6.45) is 0. The maximum Gasteiger partial charge on any atom is 0.348 e. The van der Waals surface area contributed by atoms with Gasteiger partial charge in [0.1, 0.15) is 16.7 Å². The number of hydrogen-bond donors (Lipinski definition) is 0. The highest BCUT2D eigenvalue weighted by Gasteiger charge is 2.12. The van der Waals surface area contributed by atoms with Crippen LogP contribution in [0.3, 0.4) is 0 Å². The number of esters is 1. The summed E-state index contributed by atoms with van der Waals surface area (Å²) in [5.41, 5.74) is 1.37. The first-order chi connectivity index (χ1) is 10.5. The summed E-state index contributed by atoms with van der Waals surface area (Å²) in [6, 6.07) is 11.2. The molecule has 0 saturated carbocycles. The number of nitriles is 1. The topological polar surface area (TPSA) is 59.3 Å². The molecule has 0 saturated heterocycles. The van der Waals surface area contributed by atoms with E-state index in [2.05, 4.69) is 19.9 Å². The van der Waals surface area contributed by atoms with Crippen molar-refractivity contribution < 1.29 is 14.3 Å². The average molecular weight is 315 g/mol.